The predicted molar refractivity (Wildman–Crippen MR) is 130 cm³/mol. The SMILES string of the molecule is Cc1ccc(C(=O)Nc2ccccc2C(=O)[O-])cc1NC1=C(Cl)C(=O)N(c2ccc(Cl)cc2)C1=O. The van der Waals surface area contributed by atoms with Gasteiger partial charge in [0.1, 0.15) is 10.7 Å². The highest BCUT2D eigenvalue weighted by Crippen LogP contribution is 2.31. The van der Waals surface area contributed by atoms with E-state index in [9.17, 15) is 24.3 Å². The third kappa shape index (κ3) is 4.75. The minimum Gasteiger partial charge on any atom is -0.545 e. The van der Waals surface area contributed by atoms with Crippen LogP contribution in [0.5, 0.6) is 0 Å². The molecule has 2 N–H and O–H groups in total. The van der Waals surface area contributed by atoms with Crippen LogP contribution in [-0.2, 0) is 9.59 Å². The summed E-state index contributed by atoms with van der Waals surface area (Å²) in [5.41, 5.74) is 1.27. The molecule has 0 aromatic heterocycles. The number of carbonyl (C=O) groups excluding carboxylic acids is 4. The summed E-state index contributed by atoms with van der Waals surface area (Å²) in [4.78, 5) is 50.7. The predicted octanol–water partition coefficient (Wildman–Crippen LogP) is 3.70. The Morgan fingerprint density at radius 3 is 2.26 bits per heavy atom. The standard InChI is InChI=1S/C25H17Cl2N3O5/c1-13-6-7-14(22(31)29-18-5-3-2-4-17(18)25(34)35)12-19(13)28-21-20(27)23(32)30(24(21)33)16-10-8-15(26)9-11-16/h2-12,28H,1H3,(H,29,31)(H,34,35)/p-1. The molecule has 0 saturated carbocycles. The molecule has 0 saturated heterocycles. The van der Waals surface area contributed by atoms with Gasteiger partial charge in [-0.3, -0.25) is 14.4 Å². The first-order valence-corrected chi connectivity index (χ1v) is 11.0. The summed E-state index contributed by atoms with van der Waals surface area (Å²) in [5, 5.41) is 16.8. The van der Waals surface area contributed by atoms with E-state index in [0.29, 0.717) is 22.0 Å². The molecule has 0 aliphatic carbocycles. The number of rotatable bonds is 6. The fourth-order valence-electron chi connectivity index (χ4n) is 3.43. The number of nitrogens with zero attached hydrogens (tertiary/aromatic N) is 1. The minimum absolute atomic E-state index is 0.0773. The number of imide groups is 1. The second-order valence-corrected chi connectivity index (χ2v) is 8.37. The molecule has 0 radical (unpaired) electrons. The van der Waals surface area contributed by atoms with Crippen LogP contribution >= 0.6 is 23.2 Å². The van der Waals surface area contributed by atoms with Gasteiger partial charge in [0.05, 0.1) is 17.3 Å². The Balaban J connectivity index is 1.59. The molecule has 3 aromatic rings. The summed E-state index contributed by atoms with van der Waals surface area (Å²) in [5.74, 6) is -3.38. The number of para-hydroxylation sites is 1. The molecule has 8 nitrogen and oxygen atoms in total. The number of carbonyl (C=O) groups is 4. The number of benzene rings is 3. The van der Waals surface area contributed by atoms with E-state index in [1.807, 2.05) is 0 Å². The molecular weight excluding hydrogens is 493 g/mol. The molecule has 0 bridgehead atoms. The Kier molecular flexibility index (Phi) is 6.59. The van der Waals surface area contributed by atoms with E-state index in [0.717, 1.165) is 4.90 Å². The van der Waals surface area contributed by atoms with Crippen molar-refractivity contribution in [3.8, 4) is 0 Å². The number of carboxylic acid groups (broad SMARTS) is 1. The number of hydrogen-bond acceptors (Lipinski definition) is 6. The molecule has 3 amide bonds. The molecule has 3 aromatic carbocycles. The zero-order valence-electron chi connectivity index (χ0n) is 18.1. The van der Waals surface area contributed by atoms with Crippen LogP contribution in [0.3, 0.4) is 0 Å². The average molecular weight is 509 g/mol. The first kappa shape index (κ1) is 24.0. The highest BCUT2D eigenvalue weighted by molar-refractivity contribution is 6.53. The summed E-state index contributed by atoms with van der Waals surface area (Å²) in [6.07, 6.45) is 0. The van der Waals surface area contributed by atoms with Crippen molar-refractivity contribution in [3.05, 3.63) is 99.2 Å². The molecule has 10 heteroatoms. The lowest BCUT2D eigenvalue weighted by Crippen LogP contribution is -2.32. The van der Waals surface area contributed by atoms with Gasteiger partial charge >= 0.3 is 0 Å². The van der Waals surface area contributed by atoms with Gasteiger partial charge in [0.2, 0.25) is 0 Å². The van der Waals surface area contributed by atoms with E-state index in [1.54, 1.807) is 31.2 Å². The maximum absolute atomic E-state index is 13.0. The average Bonchev–Trinajstić information content (AvgIpc) is 3.04. The lowest BCUT2D eigenvalue weighted by Gasteiger charge is -2.16. The molecule has 1 aliphatic rings. The number of nitrogens with one attached hydrogen (secondary N) is 2. The van der Waals surface area contributed by atoms with Gasteiger partial charge in [-0.05, 0) is 55.0 Å². The van der Waals surface area contributed by atoms with Crippen LogP contribution in [0, 0.1) is 6.92 Å². The fraction of sp³-hybridized carbons (Fsp3) is 0.0400. The van der Waals surface area contributed by atoms with E-state index in [4.69, 9.17) is 23.2 Å². The third-order valence-corrected chi connectivity index (χ3v) is 5.87. The van der Waals surface area contributed by atoms with E-state index in [-0.39, 0.29) is 27.5 Å². The van der Waals surface area contributed by atoms with Gasteiger partial charge in [-0.25, -0.2) is 4.90 Å². The summed E-state index contributed by atoms with van der Waals surface area (Å²) in [7, 11) is 0. The van der Waals surface area contributed by atoms with Crippen LogP contribution < -0.4 is 20.6 Å². The van der Waals surface area contributed by atoms with Crippen LogP contribution in [0.4, 0.5) is 17.1 Å². The Labute approximate surface area is 209 Å². The Morgan fingerprint density at radius 1 is 0.886 bits per heavy atom. The lowest BCUT2D eigenvalue weighted by atomic mass is 10.1. The van der Waals surface area contributed by atoms with Crippen molar-refractivity contribution in [2.45, 2.75) is 6.92 Å². The topological polar surface area (TPSA) is 119 Å². The number of halogens is 2. The molecule has 0 unspecified atom stereocenters. The van der Waals surface area contributed by atoms with Gasteiger partial charge in [0.25, 0.3) is 17.7 Å². The Bertz CT molecular complexity index is 1420. The molecule has 1 heterocycles. The van der Waals surface area contributed by atoms with Crippen LogP contribution in [0.25, 0.3) is 0 Å². The highest BCUT2D eigenvalue weighted by atomic mass is 35.5. The molecule has 176 valence electrons. The van der Waals surface area contributed by atoms with Crippen molar-refractivity contribution in [2.24, 2.45) is 0 Å². The molecule has 0 fully saturated rings. The normalized spacial score (nSPS) is 13.3. The minimum atomic E-state index is -1.43. The number of carboxylic acids is 1. The lowest BCUT2D eigenvalue weighted by molar-refractivity contribution is -0.254. The third-order valence-electron chi connectivity index (χ3n) is 5.27. The quantitative estimate of drug-likeness (QED) is 0.490. The van der Waals surface area contributed by atoms with E-state index in [2.05, 4.69) is 10.6 Å². The molecule has 0 spiro atoms. The van der Waals surface area contributed by atoms with Gasteiger partial charge in [-0.2, -0.15) is 0 Å². The molecule has 4 rings (SSSR count). The molecule has 0 atom stereocenters. The van der Waals surface area contributed by atoms with E-state index in [1.165, 1.54) is 42.5 Å². The number of aryl methyl sites for hydroxylation is 1. The molecule has 35 heavy (non-hydrogen) atoms. The van der Waals surface area contributed by atoms with Crippen LogP contribution in [0.15, 0.2) is 77.5 Å². The summed E-state index contributed by atoms with van der Waals surface area (Å²) in [6, 6.07) is 16.6. The number of aromatic carboxylic acids is 1. The smallest absolute Gasteiger partial charge is 0.283 e. The zero-order valence-corrected chi connectivity index (χ0v) is 19.6. The largest absolute Gasteiger partial charge is 0.545 e. The van der Waals surface area contributed by atoms with Crippen molar-refractivity contribution >= 4 is 64.0 Å². The van der Waals surface area contributed by atoms with Crippen molar-refractivity contribution in [1.29, 1.82) is 0 Å². The van der Waals surface area contributed by atoms with E-state index < -0.39 is 23.7 Å². The van der Waals surface area contributed by atoms with Gasteiger partial charge in [0.15, 0.2) is 0 Å². The van der Waals surface area contributed by atoms with Gasteiger partial charge in [0, 0.05) is 21.8 Å². The van der Waals surface area contributed by atoms with Crippen molar-refractivity contribution < 1.29 is 24.3 Å². The monoisotopic (exact) mass is 508 g/mol. The Hall–Kier alpha value is -4.14. The van der Waals surface area contributed by atoms with Gasteiger partial charge in [-0.15, -0.1) is 0 Å². The van der Waals surface area contributed by atoms with Gasteiger partial charge in [-0.1, -0.05) is 47.5 Å². The second-order valence-electron chi connectivity index (χ2n) is 7.55. The summed E-state index contributed by atoms with van der Waals surface area (Å²) >= 11 is 12.1. The second kappa shape index (κ2) is 9.61. The van der Waals surface area contributed by atoms with Crippen molar-refractivity contribution in [1.82, 2.24) is 0 Å². The van der Waals surface area contributed by atoms with Crippen LogP contribution in [-0.4, -0.2) is 23.7 Å². The van der Waals surface area contributed by atoms with Gasteiger partial charge < -0.3 is 20.5 Å². The van der Waals surface area contributed by atoms with Crippen LogP contribution in [0.2, 0.25) is 5.02 Å². The van der Waals surface area contributed by atoms with Crippen LogP contribution in [0.1, 0.15) is 26.3 Å². The zero-order chi connectivity index (χ0) is 25.3. The number of hydrogen-bond donors (Lipinski definition) is 2. The Morgan fingerprint density at radius 2 is 1.57 bits per heavy atom. The first-order valence-electron chi connectivity index (χ1n) is 10.2. The van der Waals surface area contributed by atoms with E-state index >= 15 is 0 Å². The molecular formula is C25H16Cl2N3O5-. The maximum Gasteiger partial charge on any atom is 0.283 e. The summed E-state index contributed by atoms with van der Waals surface area (Å²) in [6.45, 7) is 1.74. The maximum atomic E-state index is 13.0. The van der Waals surface area contributed by atoms with Crippen molar-refractivity contribution in [2.75, 3.05) is 15.5 Å². The fourth-order valence-corrected chi connectivity index (χ4v) is 3.77. The highest BCUT2D eigenvalue weighted by Gasteiger charge is 2.39. The van der Waals surface area contributed by atoms with Crippen molar-refractivity contribution in [3.63, 3.8) is 0 Å². The summed E-state index contributed by atoms with van der Waals surface area (Å²) < 4.78 is 0. The first-order chi connectivity index (χ1) is 16.7. The molecule has 1 aliphatic heterocycles. The number of amides is 3. The number of anilines is 3.